The van der Waals surface area contributed by atoms with E-state index in [0.29, 0.717) is 33.2 Å². The number of fused-ring (bicyclic) bond motifs is 2. The van der Waals surface area contributed by atoms with Crippen LogP contribution in [0.4, 0.5) is 4.39 Å². The van der Waals surface area contributed by atoms with E-state index < -0.39 is 11.8 Å². The number of hydrogen-bond donors (Lipinski definition) is 1. The lowest BCUT2D eigenvalue weighted by Gasteiger charge is -2.12. The van der Waals surface area contributed by atoms with Gasteiger partial charge in [0.2, 0.25) is 5.88 Å². The van der Waals surface area contributed by atoms with Crippen molar-refractivity contribution in [2.45, 2.75) is 13.5 Å². The molecule has 0 amide bonds. The first kappa shape index (κ1) is 21.9. The number of aromatic nitrogens is 3. The van der Waals surface area contributed by atoms with Crippen molar-refractivity contribution in [1.29, 1.82) is 0 Å². The smallest absolute Gasteiger partial charge is 0.353 e. The van der Waals surface area contributed by atoms with Gasteiger partial charge in [-0.1, -0.05) is 29.8 Å². The van der Waals surface area contributed by atoms with Gasteiger partial charge in [-0.05, 0) is 48.9 Å². The van der Waals surface area contributed by atoms with Gasteiger partial charge >= 0.3 is 5.97 Å². The summed E-state index contributed by atoms with van der Waals surface area (Å²) in [6.07, 6.45) is 1.56. The third-order valence-electron chi connectivity index (χ3n) is 5.86. The number of carboxylic acids is 1. The second kappa shape index (κ2) is 8.43. The van der Waals surface area contributed by atoms with Crippen LogP contribution in [-0.4, -0.2) is 32.7 Å². The molecule has 2 aromatic carbocycles. The van der Waals surface area contributed by atoms with Gasteiger partial charge in [0.05, 0.1) is 24.7 Å². The van der Waals surface area contributed by atoms with E-state index in [0.717, 1.165) is 10.9 Å². The molecule has 8 heteroatoms. The Labute approximate surface area is 199 Å². The average Bonchev–Trinajstić information content (AvgIpc) is 3.12. The second-order valence-corrected chi connectivity index (χ2v) is 8.28. The summed E-state index contributed by atoms with van der Waals surface area (Å²) in [5.41, 5.74) is 3.05. The van der Waals surface area contributed by atoms with Crippen molar-refractivity contribution >= 4 is 39.4 Å². The van der Waals surface area contributed by atoms with Crippen LogP contribution in [0.1, 0.15) is 21.6 Å². The summed E-state index contributed by atoms with van der Waals surface area (Å²) in [7, 11) is 1.47. The molecule has 1 N–H and O–H groups in total. The van der Waals surface area contributed by atoms with E-state index in [-0.39, 0.29) is 23.3 Å². The molecule has 170 valence electrons. The number of nitrogens with zero attached hydrogens (tertiary/aromatic N) is 3. The summed E-state index contributed by atoms with van der Waals surface area (Å²) in [4.78, 5) is 21.3. The zero-order valence-electron chi connectivity index (χ0n) is 18.3. The number of hydrogen-bond acceptors (Lipinski definition) is 4. The number of benzene rings is 2. The first-order chi connectivity index (χ1) is 16.4. The molecule has 5 rings (SSSR count). The van der Waals surface area contributed by atoms with Crippen molar-refractivity contribution in [2.24, 2.45) is 0 Å². The lowest BCUT2D eigenvalue weighted by Crippen LogP contribution is -2.11. The standard InChI is InChI=1S/C26H19ClFN3O3/c1-14-10-18-21(12-19(14)28)31(13-16-11-15-6-3-4-8-20(15)30-24(16)27)23(26(32)33)22(18)17-7-5-9-29-25(17)34-2/h3-12H,13H2,1-2H3,(H,32,33). The highest BCUT2D eigenvalue weighted by Crippen LogP contribution is 2.40. The van der Waals surface area contributed by atoms with E-state index in [4.69, 9.17) is 16.3 Å². The fraction of sp³-hybridized carbons (Fsp3) is 0.115. The van der Waals surface area contributed by atoms with Crippen LogP contribution >= 0.6 is 11.6 Å². The molecule has 0 unspecified atom stereocenters. The van der Waals surface area contributed by atoms with Crippen molar-refractivity contribution in [3.63, 3.8) is 0 Å². The molecule has 0 bridgehead atoms. The molecule has 0 aliphatic carbocycles. The van der Waals surface area contributed by atoms with Crippen LogP contribution in [0.25, 0.3) is 32.9 Å². The molecule has 0 fully saturated rings. The van der Waals surface area contributed by atoms with Gasteiger partial charge in [0.1, 0.15) is 16.7 Å². The van der Waals surface area contributed by atoms with Crippen LogP contribution in [0, 0.1) is 12.7 Å². The predicted octanol–water partition coefficient (Wildman–Crippen LogP) is 6.11. The zero-order valence-corrected chi connectivity index (χ0v) is 19.1. The maximum absolute atomic E-state index is 14.7. The maximum Gasteiger partial charge on any atom is 0.353 e. The zero-order chi connectivity index (χ0) is 24.0. The fourth-order valence-electron chi connectivity index (χ4n) is 4.30. The second-order valence-electron chi connectivity index (χ2n) is 7.92. The van der Waals surface area contributed by atoms with Crippen LogP contribution in [0.2, 0.25) is 5.15 Å². The quantitative estimate of drug-likeness (QED) is 0.310. The Morgan fingerprint density at radius 3 is 2.74 bits per heavy atom. The molecule has 0 aliphatic heterocycles. The number of rotatable bonds is 5. The maximum atomic E-state index is 14.7. The fourth-order valence-corrected chi connectivity index (χ4v) is 4.50. The van der Waals surface area contributed by atoms with E-state index >= 15 is 0 Å². The highest BCUT2D eigenvalue weighted by Gasteiger charge is 2.27. The molecule has 0 saturated heterocycles. The molecule has 0 spiro atoms. The minimum Gasteiger partial charge on any atom is -0.481 e. The summed E-state index contributed by atoms with van der Waals surface area (Å²) < 4.78 is 21.7. The molecule has 0 aliphatic rings. The van der Waals surface area contributed by atoms with E-state index in [1.807, 2.05) is 30.3 Å². The molecule has 34 heavy (non-hydrogen) atoms. The Balaban J connectivity index is 1.84. The molecule has 0 radical (unpaired) electrons. The van der Waals surface area contributed by atoms with Crippen LogP contribution in [-0.2, 0) is 6.54 Å². The van der Waals surface area contributed by atoms with Gasteiger partial charge in [-0.25, -0.2) is 19.2 Å². The predicted molar refractivity (Wildman–Crippen MR) is 129 cm³/mol. The third-order valence-corrected chi connectivity index (χ3v) is 6.19. The number of aromatic carboxylic acids is 1. The summed E-state index contributed by atoms with van der Waals surface area (Å²) >= 11 is 6.49. The minimum atomic E-state index is -1.17. The molecule has 0 atom stereocenters. The van der Waals surface area contributed by atoms with E-state index in [2.05, 4.69) is 9.97 Å². The molecule has 3 aromatic heterocycles. The molecular weight excluding hydrogens is 457 g/mol. The van der Waals surface area contributed by atoms with Crippen LogP contribution in [0.15, 0.2) is 60.8 Å². The van der Waals surface area contributed by atoms with Gasteiger partial charge in [0, 0.05) is 33.7 Å². The van der Waals surface area contributed by atoms with Crippen molar-refractivity contribution in [1.82, 2.24) is 14.5 Å². The summed E-state index contributed by atoms with van der Waals surface area (Å²) in [6.45, 7) is 1.72. The molecule has 5 aromatic rings. The Bertz CT molecular complexity index is 1600. The van der Waals surface area contributed by atoms with Gasteiger partial charge in [-0.15, -0.1) is 0 Å². The number of carboxylic acid groups (broad SMARTS) is 1. The Morgan fingerprint density at radius 2 is 1.97 bits per heavy atom. The topological polar surface area (TPSA) is 77.2 Å². The largest absolute Gasteiger partial charge is 0.481 e. The van der Waals surface area contributed by atoms with Gasteiger partial charge in [0.25, 0.3) is 0 Å². The Morgan fingerprint density at radius 1 is 1.18 bits per heavy atom. The SMILES string of the molecule is COc1ncccc1-c1c(C(=O)O)n(Cc2cc3ccccc3nc2Cl)c2cc(F)c(C)cc12. The lowest BCUT2D eigenvalue weighted by molar-refractivity contribution is 0.0687. The monoisotopic (exact) mass is 475 g/mol. The van der Waals surface area contributed by atoms with E-state index in [1.165, 1.54) is 13.2 Å². The van der Waals surface area contributed by atoms with Gasteiger partial charge in [-0.2, -0.15) is 0 Å². The minimum absolute atomic E-state index is 0.0180. The van der Waals surface area contributed by atoms with Crippen LogP contribution in [0.5, 0.6) is 5.88 Å². The lowest BCUT2D eigenvalue weighted by atomic mass is 10.0. The van der Waals surface area contributed by atoms with Crippen LogP contribution in [0.3, 0.4) is 0 Å². The summed E-state index contributed by atoms with van der Waals surface area (Å²) in [5, 5.41) is 12.0. The number of carbonyl (C=O) groups is 1. The highest BCUT2D eigenvalue weighted by atomic mass is 35.5. The van der Waals surface area contributed by atoms with Crippen molar-refractivity contribution in [3.8, 4) is 17.0 Å². The third kappa shape index (κ3) is 3.54. The van der Waals surface area contributed by atoms with Gasteiger partial charge in [0.15, 0.2) is 0 Å². The number of aryl methyl sites for hydroxylation is 1. The Kier molecular flexibility index (Phi) is 5.42. The van der Waals surface area contributed by atoms with E-state index in [1.54, 1.807) is 35.9 Å². The molecule has 3 heterocycles. The number of para-hydroxylation sites is 1. The highest BCUT2D eigenvalue weighted by molar-refractivity contribution is 6.30. The number of ether oxygens (including phenoxy) is 1. The first-order valence-corrected chi connectivity index (χ1v) is 10.9. The summed E-state index contributed by atoms with van der Waals surface area (Å²) in [5.74, 6) is -1.33. The molecule has 0 saturated carbocycles. The number of methoxy groups -OCH3 is 1. The normalized spacial score (nSPS) is 11.3. The van der Waals surface area contributed by atoms with E-state index in [9.17, 15) is 14.3 Å². The van der Waals surface area contributed by atoms with Crippen molar-refractivity contribution in [2.75, 3.05) is 7.11 Å². The van der Waals surface area contributed by atoms with Crippen molar-refractivity contribution in [3.05, 3.63) is 88.6 Å². The van der Waals surface area contributed by atoms with Gasteiger partial charge in [-0.3, -0.25) is 0 Å². The number of pyridine rings is 2. The van der Waals surface area contributed by atoms with Crippen molar-refractivity contribution < 1.29 is 19.0 Å². The van der Waals surface area contributed by atoms with Gasteiger partial charge < -0.3 is 14.4 Å². The summed E-state index contributed by atoms with van der Waals surface area (Å²) in [6, 6.07) is 15.8. The first-order valence-electron chi connectivity index (χ1n) is 10.5. The molecular formula is C26H19ClFN3O3. The number of halogens is 2. The van der Waals surface area contributed by atoms with Crippen LogP contribution < -0.4 is 4.74 Å². The molecule has 6 nitrogen and oxygen atoms in total. The Hall–Kier alpha value is -3.97. The average molecular weight is 476 g/mol.